The van der Waals surface area contributed by atoms with Crippen molar-refractivity contribution >= 4 is 17.6 Å². The molecule has 0 bridgehead atoms. The Hall–Kier alpha value is -2.24. The van der Waals surface area contributed by atoms with Crippen molar-refractivity contribution in [2.24, 2.45) is 0 Å². The molecule has 0 aliphatic heterocycles. The van der Waals surface area contributed by atoms with Gasteiger partial charge in [0.05, 0.1) is 0 Å². The quantitative estimate of drug-likeness (QED) is 0.560. The first-order valence-corrected chi connectivity index (χ1v) is 6.02. The number of nitrogens with two attached hydrogens (primary N) is 1. The molecule has 1 aromatic carbocycles. The van der Waals surface area contributed by atoms with E-state index < -0.39 is 5.97 Å². The molecule has 0 saturated carbocycles. The van der Waals surface area contributed by atoms with Gasteiger partial charge in [-0.3, -0.25) is 4.79 Å². The second-order valence-corrected chi connectivity index (χ2v) is 3.87. The third-order valence-corrected chi connectivity index (χ3v) is 2.17. The summed E-state index contributed by atoms with van der Waals surface area (Å²) >= 11 is 0. The van der Waals surface area contributed by atoms with Gasteiger partial charge in [0.25, 0.3) is 5.91 Å². The van der Waals surface area contributed by atoms with Gasteiger partial charge in [0.15, 0.2) is 13.2 Å². The zero-order valence-corrected chi connectivity index (χ0v) is 10.8. The second-order valence-electron chi connectivity index (χ2n) is 3.87. The average Bonchev–Trinajstić information content (AvgIpc) is 2.42. The number of esters is 1. The Labute approximate surface area is 111 Å². The molecule has 1 amide bonds. The lowest BCUT2D eigenvalue weighted by Gasteiger charge is -2.07. The first-order chi connectivity index (χ1) is 9.11. The Bertz CT molecular complexity index is 417. The molecule has 0 spiro atoms. The van der Waals surface area contributed by atoms with E-state index in [1.54, 1.807) is 24.3 Å². The molecule has 6 nitrogen and oxygen atoms in total. The molecule has 0 heterocycles. The van der Waals surface area contributed by atoms with Crippen LogP contribution in [-0.2, 0) is 14.3 Å². The summed E-state index contributed by atoms with van der Waals surface area (Å²) in [5.74, 6) is -0.396. The summed E-state index contributed by atoms with van der Waals surface area (Å²) in [6, 6.07) is 6.63. The standard InChI is InChI=1S/C13H18N2O4/c1-2-7-15-12(16)8-19-13(17)9-18-11-5-3-10(14)4-6-11/h3-6H,2,7-9,14H2,1H3,(H,15,16). The third kappa shape index (κ3) is 6.30. The molecule has 0 fully saturated rings. The van der Waals surface area contributed by atoms with Crippen molar-refractivity contribution in [3.05, 3.63) is 24.3 Å². The number of nitrogens with one attached hydrogen (secondary N) is 1. The van der Waals surface area contributed by atoms with Crippen molar-refractivity contribution in [3.63, 3.8) is 0 Å². The Morgan fingerprint density at radius 2 is 1.89 bits per heavy atom. The predicted octanol–water partition coefficient (Wildman–Crippen LogP) is 0.717. The Morgan fingerprint density at radius 1 is 1.21 bits per heavy atom. The SMILES string of the molecule is CCCNC(=O)COC(=O)COc1ccc(N)cc1. The van der Waals surface area contributed by atoms with Gasteiger partial charge in [-0.05, 0) is 30.7 Å². The minimum absolute atomic E-state index is 0.245. The lowest BCUT2D eigenvalue weighted by molar-refractivity contribution is -0.150. The maximum atomic E-state index is 11.3. The van der Waals surface area contributed by atoms with Crippen molar-refractivity contribution in [1.82, 2.24) is 5.32 Å². The fourth-order valence-corrected chi connectivity index (χ4v) is 1.21. The maximum absolute atomic E-state index is 11.3. The van der Waals surface area contributed by atoms with Crippen LogP contribution >= 0.6 is 0 Å². The lowest BCUT2D eigenvalue weighted by Crippen LogP contribution is -2.30. The van der Waals surface area contributed by atoms with E-state index in [-0.39, 0.29) is 19.1 Å². The monoisotopic (exact) mass is 266 g/mol. The molecule has 104 valence electrons. The van der Waals surface area contributed by atoms with Gasteiger partial charge in [-0.15, -0.1) is 0 Å². The highest BCUT2D eigenvalue weighted by Crippen LogP contribution is 2.12. The van der Waals surface area contributed by atoms with Gasteiger partial charge in [-0.2, -0.15) is 0 Å². The Morgan fingerprint density at radius 3 is 2.53 bits per heavy atom. The molecule has 1 aromatic rings. The van der Waals surface area contributed by atoms with Gasteiger partial charge < -0.3 is 20.5 Å². The molecule has 0 radical (unpaired) electrons. The van der Waals surface area contributed by atoms with Crippen LogP contribution in [0.1, 0.15) is 13.3 Å². The summed E-state index contributed by atoms with van der Waals surface area (Å²) in [5, 5.41) is 2.60. The molecule has 0 aromatic heterocycles. The van der Waals surface area contributed by atoms with Gasteiger partial charge in [-0.1, -0.05) is 6.92 Å². The second kappa shape index (κ2) is 7.97. The summed E-state index contributed by atoms with van der Waals surface area (Å²) in [6.07, 6.45) is 0.833. The fraction of sp³-hybridized carbons (Fsp3) is 0.385. The molecule has 0 saturated heterocycles. The number of carbonyl (C=O) groups is 2. The van der Waals surface area contributed by atoms with Crippen molar-refractivity contribution in [1.29, 1.82) is 0 Å². The summed E-state index contributed by atoms with van der Waals surface area (Å²) in [4.78, 5) is 22.5. The van der Waals surface area contributed by atoms with Gasteiger partial charge >= 0.3 is 5.97 Å². The summed E-state index contributed by atoms with van der Waals surface area (Å²) in [5.41, 5.74) is 6.13. The van der Waals surface area contributed by atoms with Crippen LogP contribution in [0.25, 0.3) is 0 Å². The zero-order valence-electron chi connectivity index (χ0n) is 10.8. The van der Waals surface area contributed by atoms with Crippen LogP contribution in [0.15, 0.2) is 24.3 Å². The number of benzene rings is 1. The normalized spacial score (nSPS) is 9.74. The molecule has 0 atom stereocenters. The topological polar surface area (TPSA) is 90.6 Å². The van der Waals surface area contributed by atoms with Crippen molar-refractivity contribution in [3.8, 4) is 5.75 Å². The number of nitrogen functional groups attached to an aromatic ring is 1. The first kappa shape index (κ1) is 14.8. The minimum Gasteiger partial charge on any atom is -0.482 e. The van der Waals surface area contributed by atoms with E-state index in [4.69, 9.17) is 15.2 Å². The molecular weight excluding hydrogens is 248 g/mol. The van der Waals surface area contributed by atoms with Gasteiger partial charge in [0.1, 0.15) is 5.75 Å². The number of anilines is 1. The summed E-state index contributed by atoms with van der Waals surface area (Å²) in [6.45, 7) is 1.97. The highest BCUT2D eigenvalue weighted by molar-refractivity contribution is 5.80. The van der Waals surface area contributed by atoms with E-state index in [0.717, 1.165) is 6.42 Å². The maximum Gasteiger partial charge on any atom is 0.344 e. The average molecular weight is 266 g/mol. The molecular formula is C13H18N2O4. The molecule has 0 aliphatic carbocycles. The Balaban J connectivity index is 2.21. The van der Waals surface area contributed by atoms with E-state index in [9.17, 15) is 9.59 Å². The number of ether oxygens (including phenoxy) is 2. The summed E-state index contributed by atoms with van der Waals surface area (Å²) in [7, 11) is 0. The smallest absolute Gasteiger partial charge is 0.344 e. The van der Waals surface area contributed by atoms with Crippen LogP contribution in [-0.4, -0.2) is 31.6 Å². The number of carbonyl (C=O) groups excluding carboxylic acids is 2. The van der Waals surface area contributed by atoms with Crippen molar-refractivity contribution < 1.29 is 19.1 Å². The molecule has 0 unspecified atom stereocenters. The van der Waals surface area contributed by atoms with E-state index in [1.165, 1.54) is 0 Å². The van der Waals surface area contributed by atoms with Crippen LogP contribution in [0.2, 0.25) is 0 Å². The highest BCUT2D eigenvalue weighted by atomic mass is 16.6. The van der Waals surface area contributed by atoms with Crippen molar-refractivity contribution in [2.45, 2.75) is 13.3 Å². The highest BCUT2D eigenvalue weighted by Gasteiger charge is 2.07. The van der Waals surface area contributed by atoms with Crippen molar-refractivity contribution in [2.75, 3.05) is 25.5 Å². The van der Waals surface area contributed by atoms with E-state index >= 15 is 0 Å². The van der Waals surface area contributed by atoms with Gasteiger partial charge in [0.2, 0.25) is 0 Å². The van der Waals surface area contributed by atoms with E-state index in [2.05, 4.69) is 5.32 Å². The molecule has 0 aliphatic rings. The van der Waals surface area contributed by atoms with E-state index in [0.29, 0.717) is 18.0 Å². The van der Waals surface area contributed by atoms with Gasteiger partial charge in [-0.25, -0.2) is 4.79 Å². The lowest BCUT2D eigenvalue weighted by atomic mass is 10.3. The number of rotatable bonds is 7. The number of hydrogen-bond acceptors (Lipinski definition) is 5. The molecule has 1 rings (SSSR count). The van der Waals surface area contributed by atoms with Crippen LogP contribution in [0.3, 0.4) is 0 Å². The summed E-state index contributed by atoms with van der Waals surface area (Å²) < 4.78 is 9.92. The largest absolute Gasteiger partial charge is 0.482 e. The van der Waals surface area contributed by atoms with E-state index in [1.807, 2.05) is 6.92 Å². The Kier molecular flexibility index (Phi) is 6.21. The van der Waals surface area contributed by atoms with Crippen LogP contribution in [0.5, 0.6) is 5.75 Å². The number of amides is 1. The van der Waals surface area contributed by atoms with Crippen LogP contribution in [0.4, 0.5) is 5.69 Å². The van der Waals surface area contributed by atoms with Crippen LogP contribution < -0.4 is 15.8 Å². The third-order valence-electron chi connectivity index (χ3n) is 2.17. The molecule has 3 N–H and O–H groups in total. The fourth-order valence-electron chi connectivity index (χ4n) is 1.21. The van der Waals surface area contributed by atoms with Crippen LogP contribution in [0, 0.1) is 0 Å². The predicted molar refractivity (Wildman–Crippen MR) is 70.6 cm³/mol. The molecule has 19 heavy (non-hydrogen) atoms. The van der Waals surface area contributed by atoms with Gasteiger partial charge in [0, 0.05) is 12.2 Å². The minimum atomic E-state index is -0.594. The molecule has 6 heteroatoms. The first-order valence-electron chi connectivity index (χ1n) is 6.02. The zero-order chi connectivity index (χ0) is 14.1. The number of hydrogen-bond donors (Lipinski definition) is 2.